The lowest BCUT2D eigenvalue weighted by Gasteiger charge is -2.25. The maximum Gasteiger partial charge on any atom is 0.300 e. The fourth-order valence-corrected chi connectivity index (χ4v) is 3.93. The van der Waals surface area contributed by atoms with Crippen LogP contribution in [0, 0.1) is 18.6 Å². The van der Waals surface area contributed by atoms with Crippen LogP contribution in [-0.4, -0.2) is 16.8 Å². The van der Waals surface area contributed by atoms with Gasteiger partial charge in [0.2, 0.25) is 0 Å². The third kappa shape index (κ3) is 3.76. The number of nitrogens with zero attached hydrogens (tertiary/aromatic N) is 1. The van der Waals surface area contributed by atoms with E-state index < -0.39 is 35.1 Å². The fraction of sp³-hybridized carbons (Fsp3) is 0.0833. The third-order valence-electron chi connectivity index (χ3n) is 5.24. The van der Waals surface area contributed by atoms with Gasteiger partial charge in [-0.05, 0) is 66.6 Å². The Kier molecular flexibility index (Phi) is 5.75. The Morgan fingerprint density at radius 1 is 0.938 bits per heavy atom. The minimum absolute atomic E-state index is 0.165. The summed E-state index contributed by atoms with van der Waals surface area (Å²) in [5, 5.41) is 11.4. The van der Waals surface area contributed by atoms with E-state index in [1.807, 2.05) is 0 Å². The van der Waals surface area contributed by atoms with Gasteiger partial charge in [0.05, 0.1) is 21.7 Å². The van der Waals surface area contributed by atoms with Crippen molar-refractivity contribution in [3.05, 3.63) is 105 Å². The second kappa shape index (κ2) is 8.37. The zero-order chi connectivity index (χ0) is 23.2. The minimum Gasteiger partial charge on any atom is -0.507 e. The minimum atomic E-state index is -1.07. The van der Waals surface area contributed by atoms with Crippen molar-refractivity contribution in [3.63, 3.8) is 0 Å². The monoisotopic (exact) mass is 473 g/mol. The van der Waals surface area contributed by atoms with Crippen molar-refractivity contribution in [1.82, 2.24) is 0 Å². The average Bonchev–Trinajstić information content (AvgIpc) is 3.03. The molecule has 3 aromatic rings. The number of carbonyl (C=O) groups is 2. The molecule has 1 aliphatic heterocycles. The van der Waals surface area contributed by atoms with Gasteiger partial charge in [-0.1, -0.05) is 35.3 Å². The molecule has 8 heteroatoms. The first-order valence-corrected chi connectivity index (χ1v) is 10.2. The standard InChI is InChI=1S/C24H15Cl2F2NO3/c1-12-10-14(4-9-19(12)28)22(30)20-21(13-2-5-15(27)6-3-13)29(24(32)23(20)31)16-7-8-17(25)18(26)11-16/h2-11,21,30H,1H3/b22-20+. The Balaban J connectivity index is 1.96. The Hall–Kier alpha value is -3.22. The summed E-state index contributed by atoms with van der Waals surface area (Å²) in [6.45, 7) is 1.51. The number of aryl methyl sites for hydroxylation is 1. The summed E-state index contributed by atoms with van der Waals surface area (Å²) in [6.07, 6.45) is 0. The molecule has 1 N–H and O–H groups in total. The molecule has 1 amide bonds. The number of hydrogen-bond donors (Lipinski definition) is 1. The van der Waals surface area contributed by atoms with Gasteiger partial charge in [-0.2, -0.15) is 0 Å². The summed E-state index contributed by atoms with van der Waals surface area (Å²) in [4.78, 5) is 27.2. The maximum absolute atomic E-state index is 13.7. The van der Waals surface area contributed by atoms with Crippen molar-refractivity contribution in [2.45, 2.75) is 13.0 Å². The van der Waals surface area contributed by atoms with E-state index >= 15 is 0 Å². The largest absolute Gasteiger partial charge is 0.507 e. The highest BCUT2D eigenvalue weighted by Crippen LogP contribution is 2.43. The molecule has 0 aromatic heterocycles. The molecule has 1 fully saturated rings. The van der Waals surface area contributed by atoms with E-state index in [1.165, 1.54) is 66.4 Å². The number of Topliss-reactive ketones (excluding diaryl/α,β-unsaturated/α-hetero) is 1. The van der Waals surface area contributed by atoms with E-state index in [-0.39, 0.29) is 32.4 Å². The number of aliphatic hydroxyl groups is 1. The molecule has 32 heavy (non-hydrogen) atoms. The number of halogens is 4. The number of aliphatic hydroxyl groups excluding tert-OH is 1. The van der Waals surface area contributed by atoms with Crippen molar-refractivity contribution in [2.75, 3.05) is 4.90 Å². The lowest BCUT2D eigenvalue weighted by Crippen LogP contribution is -2.29. The van der Waals surface area contributed by atoms with E-state index in [9.17, 15) is 23.5 Å². The quantitative estimate of drug-likeness (QED) is 0.279. The molecule has 1 unspecified atom stereocenters. The van der Waals surface area contributed by atoms with Crippen LogP contribution in [-0.2, 0) is 9.59 Å². The molecule has 0 radical (unpaired) electrons. The molecule has 1 atom stereocenters. The molecule has 0 spiro atoms. The molecule has 162 valence electrons. The molecule has 4 rings (SSSR count). The summed E-state index contributed by atoms with van der Waals surface area (Å²) in [5.41, 5.74) is 0.871. The van der Waals surface area contributed by atoms with Crippen LogP contribution < -0.4 is 4.90 Å². The smallest absolute Gasteiger partial charge is 0.300 e. The normalized spacial score (nSPS) is 17.8. The van der Waals surface area contributed by atoms with Gasteiger partial charge in [-0.3, -0.25) is 14.5 Å². The molecular formula is C24H15Cl2F2NO3. The molecular weight excluding hydrogens is 459 g/mol. The number of benzene rings is 3. The van der Waals surface area contributed by atoms with E-state index in [0.717, 1.165) is 6.07 Å². The molecule has 4 nitrogen and oxygen atoms in total. The van der Waals surface area contributed by atoms with Crippen molar-refractivity contribution >= 4 is 46.3 Å². The first kappa shape index (κ1) is 22.0. The van der Waals surface area contributed by atoms with Crippen LogP contribution in [0.15, 0.2) is 66.2 Å². The van der Waals surface area contributed by atoms with Crippen LogP contribution in [0.1, 0.15) is 22.7 Å². The number of amides is 1. The van der Waals surface area contributed by atoms with Gasteiger partial charge in [-0.25, -0.2) is 8.78 Å². The number of ketones is 1. The highest BCUT2D eigenvalue weighted by atomic mass is 35.5. The van der Waals surface area contributed by atoms with Gasteiger partial charge < -0.3 is 5.11 Å². The van der Waals surface area contributed by atoms with Crippen LogP contribution in [0.2, 0.25) is 10.0 Å². The number of hydrogen-bond acceptors (Lipinski definition) is 3. The second-order valence-electron chi connectivity index (χ2n) is 7.28. The Morgan fingerprint density at radius 2 is 1.62 bits per heavy atom. The van der Waals surface area contributed by atoms with Gasteiger partial charge in [0.1, 0.15) is 17.4 Å². The van der Waals surface area contributed by atoms with Gasteiger partial charge in [-0.15, -0.1) is 0 Å². The predicted molar refractivity (Wildman–Crippen MR) is 119 cm³/mol. The van der Waals surface area contributed by atoms with Gasteiger partial charge >= 0.3 is 0 Å². The van der Waals surface area contributed by atoms with Gasteiger partial charge in [0.15, 0.2) is 0 Å². The van der Waals surface area contributed by atoms with Crippen molar-refractivity contribution < 1.29 is 23.5 Å². The lowest BCUT2D eigenvalue weighted by molar-refractivity contribution is -0.132. The third-order valence-corrected chi connectivity index (χ3v) is 5.98. The summed E-state index contributed by atoms with van der Waals surface area (Å²) in [6, 6.07) is 12.4. The van der Waals surface area contributed by atoms with Crippen molar-refractivity contribution in [2.24, 2.45) is 0 Å². The van der Waals surface area contributed by atoms with Crippen LogP contribution in [0.25, 0.3) is 5.76 Å². The highest BCUT2D eigenvalue weighted by molar-refractivity contribution is 6.52. The van der Waals surface area contributed by atoms with Crippen LogP contribution in [0.4, 0.5) is 14.5 Å². The number of rotatable bonds is 3. The number of anilines is 1. The molecule has 0 aliphatic carbocycles. The van der Waals surface area contributed by atoms with E-state index in [1.54, 1.807) is 0 Å². The van der Waals surface area contributed by atoms with Crippen LogP contribution in [0.5, 0.6) is 0 Å². The SMILES string of the molecule is Cc1cc(/C(O)=C2\C(=O)C(=O)N(c3ccc(Cl)c(Cl)c3)C2c2ccc(F)cc2)ccc1F. The summed E-state index contributed by atoms with van der Waals surface area (Å²) >= 11 is 12.1. The highest BCUT2D eigenvalue weighted by Gasteiger charge is 2.47. The lowest BCUT2D eigenvalue weighted by atomic mass is 9.94. The Bertz CT molecular complexity index is 1290. The zero-order valence-corrected chi connectivity index (χ0v) is 18.1. The average molecular weight is 474 g/mol. The Labute approximate surface area is 192 Å². The first-order valence-electron chi connectivity index (χ1n) is 9.47. The summed E-state index contributed by atoms with van der Waals surface area (Å²) in [5.74, 6) is -3.30. The maximum atomic E-state index is 13.7. The van der Waals surface area contributed by atoms with Crippen molar-refractivity contribution in [1.29, 1.82) is 0 Å². The topological polar surface area (TPSA) is 57.6 Å². The molecule has 1 heterocycles. The van der Waals surface area contributed by atoms with E-state index in [2.05, 4.69) is 0 Å². The summed E-state index contributed by atoms with van der Waals surface area (Å²) < 4.78 is 27.3. The van der Waals surface area contributed by atoms with Gasteiger partial charge in [0, 0.05) is 11.3 Å². The Morgan fingerprint density at radius 3 is 2.25 bits per heavy atom. The zero-order valence-electron chi connectivity index (χ0n) is 16.6. The van der Waals surface area contributed by atoms with Crippen molar-refractivity contribution in [3.8, 4) is 0 Å². The van der Waals surface area contributed by atoms with E-state index in [0.29, 0.717) is 5.56 Å². The van der Waals surface area contributed by atoms with Gasteiger partial charge in [0.25, 0.3) is 11.7 Å². The van der Waals surface area contributed by atoms with Crippen LogP contribution >= 0.6 is 23.2 Å². The van der Waals surface area contributed by atoms with Crippen LogP contribution in [0.3, 0.4) is 0 Å². The fourth-order valence-electron chi connectivity index (χ4n) is 3.64. The molecule has 0 saturated carbocycles. The molecule has 0 bridgehead atoms. The summed E-state index contributed by atoms with van der Waals surface area (Å²) in [7, 11) is 0. The second-order valence-corrected chi connectivity index (χ2v) is 8.10. The first-order chi connectivity index (χ1) is 15.2. The predicted octanol–water partition coefficient (Wildman–Crippen LogP) is 6.21. The van der Waals surface area contributed by atoms with E-state index in [4.69, 9.17) is 23.2 Å². The number of carbonyl (C=O) groups excluding carboxylic acids is 2. The molecule has 1 saturated heterocycles. The molecule has 1 aliphatic rings. The molecule has 3 aromatic carbocycles.